The minimum absolute atomic E-state index is 0.186. The lowest BCUT2D eigenvalue weighted by molar-refractivity contribution is -0.136. The fourth-order valence-electron chi connectivity index (χ4n) is 2.32. The molecule has 4 nitrogen and oxygen atoms in total. The first-order valence-electron chi connectivity index (χ1n) is 6.34. The fraction of sp³-hybridized carbons (Fsp3) is 0.125. The van der Waals surface area contributed by atoms with Crippen molar-refractivity contribution in [2.75, 3.05) is 0 Å². The van der Waals surface area contributed by atoms with Crippen molar-refractivity contribution in [1.29, 1.82) is 0 Å². The van der Waals surface area contributed by atoms with Gasteiger partial charge >= 0.3 is 5.97 Å². The first-order valence-corrected chi connectivity index (χ1v) is 6.78. The van der Waals surface area contributed by atoms with E-state index in [2.05, 4.69) is 0 Å². The number of carboxylic acids is 1. The Kier molecular flexibility index (Phi) is 3.39. The van der Waals surface area contributed by atoms with Gasteiger partial charge in [-0.05, 0) is 17.7 Å². The molecule has 0 saturated heterocycles. The number of carbonyl (C=O) groups excluding carboxylic acids is 1. The Bertz CT molecular complexity index is 739. The number of hydrogen-bond donors (Lipinski definition) is 1. The molecular formula is C16H11ClO4. The normalized spacial score (nSPS) is 14.4. The number of ether oxygens (including phenoxy) is 1. The third kappa shape index (κ3) is 2.38. The number of rotatable bonds is 2. The monoisotopic (exact) mass is 302 g/mol. The van der Waals surface area contributed by atoms with E-state index in [9.17, 15) is 9.59 Å². The van der Waals surface area contributed by atoms with Crippen LogP contribution in [-0.4, -0.2) is 16.9 Å². The van der Waals surface area contributed by atoms with E-state index in [1.807, 2.05) is 12.1 Å². The van der Waals surface area contributed by atoms with Gasteiger partial charge in [0.1, 0.15) is 12.4 Å². The molecule has 0 fully saturated rings. The van der Waals surface area contributed by atoms with Crippen molar-refractivity contribution in [3.05, 3.63) is 64.7 Å². The Morgan fingerprint density at radius 2 is 1.95 bits per heavy atom. The molecule has 1 heterocycles. The van der Waals surface area contributed by atoms with Crippen molar-refractivity contribution in [3.63, 3.8) is 0 Å². The largest absolute Gasteiger partial charge is 0.488 e. The number of ketones is 1. The Hall–Kier alpha value is -2.33. The number of halogens is 1. The zero-order chi connectivity index (χ0) is 15.0. The number of benzene rings is 2. The molecule has 21 heavy (non-hydrogen) atoms. The van der Waals surface area contributed by atoms with Gasteiger partial charge in [-0.15, -0.1) is 11.6 Å². The van der Waals surface area contributed by atoms with Gasteiger partial charge in [0.15, 0.2) is 11.2 Å². The second-order valence-corrected chi connectivity index (χ2v) is 5.17. The molecule has 2 aromatic carbocycles. The minimum atomic E-state index is -1.19. The van der Waals surface area contributed by atoms with Gasteiger partial charge in [-0.25, -0.2) is 0 Å². The summed E-state index contributed by atoms with van der Waals surface area (Å²) in [5, 5.41) is 7.78. The van der Waals surface area contributed by atoms with E-state index in [4.69, 9.17) is 21.4 Å². The molecule has 1 N–H and O–H groups in total. The summed E-state index contributed by atoms with van der Waals surface area (Å²) in [5.41, 5.74) is 2.07. The highest BCUT2D eigenvalue weighted by molar-refractivity contribution is 6.29. The summed E-state index contributed by atoms with van der Waals surface area (Å²) < 4.78 is 5.63. The number of carboxylic acid groups (broad SMARTS) is 1. The maximum absolute atomic E-state index is 12.6. The number of alkyl halides is 1. The van der Waals surface area contributed by atoms with Crippen LogP contribution >= 0.6 is 11.6 Å². The van der Waals surface area contributed by atoms with Crippen LogP contribution in [0.4, 0.5) is 0 Å². The topological polar surface area (TPSA) is 63.6 Å². The zero-order valence-electron chi connectivity index (χ0n) is 10.9. The van der Waals surface area contributed by atoms with Crippen molar-refractivity contribution in [3.8, 4) is 5.75 Å². The summed E-state index contributed by atoms with van der Waals surface area (Å²) in [6.07, 6.45) is 0. The van der Waals surface area contributed by atoms with Gasteiger partial charge < -0.3 is 9.84 Å². The average Bonchev–Trinajstić information content (AvgIpc) is 2.64. The molecule has 0 radical (unpaired) electrons. The average molecular weight is 303 g/mol. The lowest BCUT2D eigenvalue weighted by Gasteiger charge is -2.10. The van der Waals surface area contributed by atoms with E-state index in [0.717, 1.165) is 5.56 Å². The highest BCUT2D eigenvalue weighted by Gasteiger charge is 2.24. The van der Waals surface area contributed by atoms with Crippen LogP contribution in [0, 0.1) is 0 Å². The Balaban J connectivity index is 2.11. The van der Waals surface area contributed by atoms with E-state index in [0.29, 0.717) is 29.0 Å². The highest BCUT2D eigenvalue weighted by atomic mass is 35.5. The number of fused-ring (bicyclic) bond motifs is 2. The summed E-state index contributed by atoms with van der Waals surface area (Å²) in [6.45, 7) is 0.303. The minimum Gasteiger partial charge on any atom is -0.488 e. The van der Waals surface area contributed by atoms with E-state index in [-0.39, 0.29) is 5.78 Å². The van der Waals surface area contributed by atoms with Crippen molar-refractivity contribution in [2.45, 2.75) is 12.0 Å². The molecule has 2 aromatic rings. The van der Waals surface area contributed by atoms with Crippen LogP contribution in [0.15, 0.2) is 42.5 Å². The highest BCUT2D eigenvalue weighted by Crippen LogP contribution is 2.32. The predicted octanol–water partition coefficient (Wildman–Crippen LogP) is 3.17. The van der Waals surface area contributed by atoms with Crippen molar-refractivity contribution < 1.29 is 19.4 Å². The Labute approximate surface area is 125 Å². The van der Waals surface area contributed by atoms with Crippen molar-refractivity contribution in [2.24, 2.45) is 0 Å². The summed E-state index contributed by atoms with van der Waals surface area (Å²) in [5.74, 6) is -0.901. The van der Waals surface area contributed by atoms with Gasteiger partial charge in [0.25, 0.3) is 0 Å². The second kappa shape index (κ2) is 5.22. The summed E-state index contributed by atoms with van der Waals surface area (Å²) in [6, 6.07) is 11.8. The molecule has 1 atom stereocenters. The zero-order valence-corrected chi connectivity index (χ0v) is 11.6. The fourth-order valence-corrected chi connectivity index (χ4v) is 2.46. The first-order chi connectivity index (χ1) is 10.1. The van der Waals surface area contributed by atoms with Gasteiger partial charge in [-0.2, -0.15) is 0 Å². The predicted molar refractivity (Wildman–Crippen MR) is 76.9 cm³/mol. The Morgan fingerprint density at radius 1 is 1.19 bits per heavy atom. The van der Waals surface area contributed by atoms with Crippen molar-refractivity contribution in [1.82, 2.24) is 0 Å². The van der Waals surface area contributed by atoms with Gasteiger partial charge in [-0.1, -0.05) is 30.3 Å². The van der Waals surface area contributed by atoms with Gasteiger partial charge in [0, 0.05) is 11.1 Å². The molecule has 0 aliphatic carbocycles. The van der Waals surface area contributed by atoms with Gasteiger partial charge in [0.2, 0.25) is 0 Å². The van der Waals surface area contributed by atoms with Crippen LogP contribution in [0.2, 0.25) is 0 Å². The lowest BCUT2D eigenvalue weighted by atomic mass is 9.97. The maximum atomic E-state index is 12.6. The first kappa shape index (κ1) is 13.6. The SMILES string of the molecule is O=C1c2ccccc2COc2ccc(C(Cl)C(=O)O)cc21. The van der Waals surface area contributed by atoms with Crippen LogP contribution < -0.4 is 4.74 Å². The molecule has 1 aliphatic rings. The van der Waals surface area contributed by atoms with Crippen LogP contribution in [0.3, 0.4) is 0 Å². The lowest BCUT2D eigenvalue weighted by Crippen LogP contribution is -2.07. The second-order valence-electron chi connectivity index (χ2n) is 4.73. The van der Waals surface area contributed by atoms with Gasteiger partial charge in [0.05, 0.1) is 5.56 Å². The molecule has 0 saturated carbocycles. The molecule has 5 heteroatoms. The molecule has 0 bridgehead atoms. The quantitative estimate of drug-likeness (QED) is 0.865. The summed E-state index contributed by atoms with van der Waals surface area (Å²) in [7, 11) is 0. The van der Waals surface area contributed by atoms with Crippen LogP contribution in [0.1, 0.15) is 32.4 Å². The summed E-state index contributed by atoms with van der Waals surface area (Å²) >= 11 is 5.82. The number of aliphatic carboxylic acids is 1. The molecule has 0 amide bonds. The molecule has 106 valence electrons. The molecule has 3 rings (SSSR count). The summed E-state index contributed by atoms with van der Waals surface area (Å²) in [4.78, 5) is 23.6. The molecule has 1 unspecified atom stereocenters. The molecular weight excluding hydrogens is 292 g/mol. The molecule has 0 aromatic heterocycles. The van der Waals surface area contributed by atoms with E-state index < -0.39 is 11.3 Å². The molecule has 0 spiro atoms. The van der Waals surface area contributed by atoms with Crippen LogP contribution in [0.5, 0.6) is 5.75 Å². The maximum Gasteiger partial charge on any atom is 0.326 e. The van der Waals surface area contributed by atoms with E-state index >= 15 is 0 Å². The van der Waals surface area contributed by atoms with E-state index in [1.165, 1.54) is 6.07 Å². The van der Waals surface area contributed by atoms with Crippen molar-refractivity contribution >= 4 is 23.4 Å². The Morgan fingerprint density at radius 3 is 2.71 bits per heavy atom. The molecule has 1 aliphatic heterocycles. The van der Waals surface area contributed by atoms with Crippen LogP contribution in [0.25, 0.3) is 0 Å². The smallest absolute Gasteiger partial charge is 0.326 e. The number of carbonyl (C=O) groups is 2. The number of hydrogen-bond acceptors (Lipinski definition) is 3. The third-order valence-electron chi connectivity index (χ3n) is 3.40. The van der Waals surface area contributed by atoms with Gasteiger partial charge in [-0.3, -0.25) is 9.59 Å². The standard InChI is InChI=1S/C16H11ClO4/c17-14(16(19)20)9-5-6-13-12(7-9)15(18)11-4-2-1-3-10(11)8-21-13/h1-7,14H,8H2,(H,19,20). The van der Waals surface area contributed by atoms with Crippen LogP contribution in [-0.2, 0) is 11.4 Å². The van der Waals surface area contributed by atoms with E-state index in [1.54, 1.807) is 24.3 Å². The third-order valence-corrected chi connectivity index (χ3v) is 3.84.